The Morgan fingerprint density at radius 1 is 1.15 bits per heavy atom. The summed E-state index contributed by atoms with van der Waals surface area (Å²) in [5.74, 6) is -0.638. The maximum absolute atomic E-state index is 11.7. The Bertz CT molecular complexity index is 715. The molecule has 0 fully saturated rings. The van der Waals surface area contributed by atoms with Crippen molar-refractivity contribution >= 4 is 23.3 Å². The van der Waals surface area contributed by atoms with E-state index in [0.717, 1.165) is 5.56 Å². The quantitative estimate of drug-likeness (QED) is 0.366. The van der Waals surface area contributed by atoms with Crippen molar-refractivity contribution in [3.63, 3.8) is 0 Å². The third-order valence-electron chi connectivity index (χ3n) is 3.12. The number of esters is 1. The molecule has 2 aromatic rings. The monoisotopic (exact) mass is 289 g/mol. The van der Waals surface area contributed by atoms with Gasteiger partial charge in [0.05, 0.1) is 10.5 Å². The maximum Gasteiger partial charge on any atom is 0.340 e. The lowest BCUT2D eigenvalue weighted by molar-refractivity contribution is -0.384. The number of nitro groups is 1. The van der Waals surface area contributed by atoms with E-state index in [0.29, 0.717) is 11.1 Å². The fourth-order valence-corrected chi connectivity index (χ4v) is 2.55. The molecule has 0 aromatic heterocycles. The molecule has 0 radical (unpaired) electrons. The third-order valence-corrected chi connectivity index (χ3v) is 3.43. The molecule has 6 heteroatoms. The highest BCUT2D eigenvalue weighted by Crippen LogP contribution is 2.42. The highest BCUT2D eigenvalue weighted by molar-refractivity contribution is 6.23. The molecule has 0 N–H and O–H groups in total. The number of halogens is 1. The van der Waals surface area contributed by atoms with Gasteiger partial charge in [0.15, 0.2) is 0 Å². The number of alkyl halides is 1. The van der Waals surface area contributed by atoms with Crippen LogP contribution in [0, 0.1) is 10.1 Å². The van der Waals surface area contributed by atoms with Crippen molar-refractivity contribution in [2.24, 2.45) is 0 Å². The molecule has 0 bridgehead atoms. The van der Waals surface area contributed by atoms with Crippen molar-refractivity contribution in [3.05, 3.63) is 63.7 Å². The molecule has 1 aliphatic heterocycles. The van der Waals surface area contributed by atoms with E-state index in [4.69, 9.17) is 16.3 Å². The van der Waals surface area contributed by atoms with Crippen molar-refractivity contribution in [1.29, 1.82) is 0 Å². The van der Waals surface area contributed by atoms with Crippen LogP contribution in [0.1, 0.15) is 21.5 Å². The first-order valence-electron chi connectivity index (χ1n) is 5.80. The fraction of sp³-hybridized carbons (Fsp3) is 0.0714. The molecule has 1 aliphatic rings. The summed E-state index contributed by atoms with van der Waals surface area (Å²) in [6, 6.07) is 11.7. The van der Waals surface area contributed by atoms with Crippen LogP contribution in [0.4, 0.5) is 5.69 Å². The lowest BCUT2D eigenvalue weighted by atomic mass is 9.96. The average molecular weight is 290 g/mol. The first-order valence-corrected chi connectivity index (χ1v) is 6.24. The van der Waals surface area contributed by atoms with Crippen LogP contribution in [-0.4, -0.2) is 10.9 Å². The van der Waals surface area contributed by atoms with Crippen LogP contribution >= 0.6 is 11.6 Å². The van der Waals surface area contributed by atoms with E-state index in [-0.39, 0.29) is 11.3 Å². The summed E-state index contributed by atoms with van der Waals surface area (Å²) >= 11 is 6.01. The van der Waals surface area contributed by atoms with Gasteiger partial charge in [0, 0.05) is 17.7 Å². The number of rotatable bonds is 2. The summed E-state index contributed by atoms with van der Waals surface area (Å²) in [4.78, 5) is 22.2. The number of benzene rings is 2. The van der Waals surface area contributed by atoms with E-state index in [9.17, 15) is 14.9 Å². The second-order valence-electron chi connectivity index (χ2n) is 4.30. The summed E-state index contributed by atoms with van der Waals surface area (Å²) in [7, 11) is 0. The Hall–Kier alpha value is -2.40. The molecule has 0 saturated carbocycles. The summed E-state index contributed by atoms with van der Waals surface area (Å²) in [5.41, 5.74) is 0.836. The lowest BCUT2D eigenvalue weighted by Gasteiger charge is -2.09. The number of carbonyl (C=O) groups excluding carboxylic acids is 1. The van der Waals surface area contributed by atoms with Crippen LogP contribution in [0.3, 0.4) is 0 Å². The molecule has 1 atom stereocenters. The van der Waals surface area contributed by atoms with Gasteiger partial charge in [0.1, 0.15) is 0 Å². The summed E-state index contributed by atoms with van der Waals surface area (Å²) in [5, 5.41) is 11.0. The van der Waals surface area contributed by atoms with Crippen LogP contribution in [-0.2, 0) is 4.74 Å². The topological polar surface area (TPSA) is 69.4 Å². The molecule has 0 spiro atoms. The molecule has 1 unspecified atom stereocenters. The van der Waals surface area contributed by atoms with Gasteiger partial charge < -0.3 is 4.74 Å². The Morgan fingerprint density at radius 2 is 1.80 bits per heavy atom. The van der Waals surface area contributed by atoms with Crippen molar-refractivity contribution in [1.82, 2.24) is 0 Å². The minimum Gasteiger partial charge on any atom is -0.438 e. The van der Waals surface area contributed by atoms with Crippen LogP contribution in [0.2, 0.25) is 0 Å². The largest absolute Gasteiger partial charge is 0.438 e. The van der Waals surface area contributed by atoms with Gasteiger partial charge in [-0.3, -0.25) is 10.1 Å². The number of nitro benzene ring substituents is 1. The number of hydrogen-bond donors (Lipinski definition) is 0. The van der Waals surface area contributed by atoms with Gasteiger partial charge in [-0.2, -0.15) is 0 Å². The van der Waals surface area contributed by atoms with E-state index < -0.39 is 16.5 Å². The highest BCUT2D eigenvalue weighted by Gasteiger charge is 2.34. The van der Waals surface area contributed by atoms with E-state index >= 15 is 0 Å². The molecule has 0 aliphatic carbocycles. The van der Waals surface area contributed by atoms with E-state index in [1.165, 1.54) is 12.1 Å². The van der Waals surface area contributed by atoms with Gasteiger partial charge in [-0.25, -0.2) is 4.79 Å². The standard InChI is InChI=1S/C14H8ClNO4/c15-13-12-10(8-4-2-1-3-5-8)6-9(16(18)19)7-11(12)14(17)20-13/h1-7,13H. The van der Waals surface area contributed by atoms with Crippen molar-refractivity contribution in [2.45, 2.75) is 5.56 Å². The predicted octanol–water partition coefficient (Wildman–Crippen LogP) is 3.67. The third kappa shape index (κ3) is 1.92. The zero-order valence-electron chi connectivity index (χ0n) is 10.1. The SMILES string of the molecule is O=C1OC(Cl)c2c1cc([N+](=O)[O-])cc2-c1ccccc1. The maximum atomic E-state index is 11.7. The molecular formula is C14H8ClNO4. The minimum atomic E-state index is -0.923. The molecule has 20 heavy (non-hydrogen) atoms. The second kappa shape index (κ2) is 4.61. The van der Waals surface area contributed by atoms with E-state index in [1.54, 1.807) is 24.3 Å². The minimum absolute atomic E-state index is 0.151. The van der Waals surface area contributed by atoms with E-state index in [1.807, 2.05) is 6.07 Å². The summed E-state index contributed by atoms with van der Waals surface area (Å²) in [6.07, 6.45) is 0. The van der Waals surface area contributed by atoms with Crippen molar-refractivity contribution in [3.8, 4) is 11.1 Å². The van der Waals surface area contributed by atoms with Crippen LogP contribution < -0.4 is 0 Å². The van der Waals surface area contributed by atoms with Gasteiger partial charge in [-0.15, -0.1) is 0 Å². The Balaban J connectivity index is 2.31. The molecule has 2 aromatic carbocycles. The zero-order chi connectivity index (χ0) is 14.3. The van der Waals surface area contributed by atoms with E-state index in [2.05, 4.69) is 0 Å². The number of ether oxygens (including phenoxy) is 1. The van der Waals surface area contributed by atoms with Crippen LogP contribution in [0.25, 0.3) is 11.1 Å². The average Bonchev–Trinajstić information content (AvgIpc) is 2.74. The molecule has 100 valence electrons. The number of cyclic esters (lactones) is 1. The first-order chi connectivity index (χ1) is 9.58. The number of hydrogen-bond acceptors (Lipinski definition) is 4. The molecule has 0 saturated heterocycles. The van der Waals surface area contributed by atoms with Gasteiger partial charge in [0.25, 0.3) is 5.69 Å². The second-order valence-corrected chi connectivity index (χ2v) is 4.70. The Morgan fingerprint density at radius 3 is 2.45 bits per heavy atom. The first kappa shape index (κ1) is 12.6. The lowest BCUT2D eigenvalue weighted by Crippen LogP contribution is -1.97. The molecule has 0 amide bonds. The number of non-ortho nitro benzene ring substituents is 1. The van der Waals surface area contributed by atoms with Gasteiger partial charge in [0.2, 0.25) is 5.56 Å². The fourth-order valence-electron chi connectivity index (χ4n) is 2.23. The van der Waals surface area contributed by atoms with Crippen molar-refractivity contribution in [2.75, 3.05) is 0 Å². The molecule has 1 heterocycles. The predicted molar refractivity (Wildman–Crippen MR) is 72.5 cm³/mol. The van der Waals surface area contributed by atoms with Gasteiger partial charge in [-0.05, 0) is 11.1 Å². The van der Waals surface area contributed by atoms with Gasteiger partial charge in [-0.1, -0.05) is 41.9 Å². The molecular weight excluding hydrogens is 282 g/mol. The number of fused-ring (bicyclic) bond motifs is 1. The van der Waals surface area contributed by atoms with Crippen LogP contribution in [0.5, 0.6) is 0 Å². The summed E-state index contributed by atoms with van der Waals surface area (Å²) < 4.78 is 4.93. The Kier molecular flexibility index (Phi) is 2.91. The van der Waals surface area contributed by atoms with Gasteiger partial charge >= 0.3 is 5.97 Å². The number of carbonyl (C=O) groups is 1. The molecule has 5 nitrogen and oxygen atoms in total. The van der Waals surface area contributed by atoms with Crippen LogP contribution in [0.15, 0.2) is 42.5 Å². The van der Waals surface area contributed by atoms with Crippen molar-refractivity contribution < 1.29 is 14.5 Å². The summed E-state index contributed by atoms with van der Waals surface area (Å²) in [6.45, 7) is 0. The number of nitrogens with zero attached hydrogens (tertiary/aromatic N) is 1. The smallest absolute Gasteiger partial charge is 0.340 e. The normalized spacial score (nSPS) is 16.6. The Labute approximate surface area is 118 Å². The zero-order valence-corrected chi connectivity index (χ0v) is 10.8. The molecule has 3 rings (SSSR count). The highest BCUT2D eigenvalue weighted by atomic mass is 35.5.